The minimum Gasteiger partial charge on any atom is -0.496 e. The molecule has 1 aromatic heterocycles. The highest BCUT2D eigenvalue weighted by atomic mass is 79.9. The molecule has 3 nitrogen and oxygen atoms in total. The number of aliphatic hydroxyl groups is 1. The third-order valence-corrected chi connectivity index (χ3v) is 3.71. The van der Waals surface area contributed by atoms with Gasteiger partial charge in [-0.15, -0.1) is 0 Å². The molecule has 2 atom stereocenters. The third-order valence-electron chi connectivity index (χ3n) is 3.22. The summed E-state index contributed by atoms with van der Waals surface area (Å²) in [4.78, 5) is 3.99. The SMILES string of the molecule is COc1cc(Br)ccc1C(O)C(C)c1ccncc1. The van der Waals surface area contributed by atoms with Crippen molar-refractivity contribution in [2.75, 3.05) is 7.11 Å². The average molecular weight is 322 g/mol. The predicted molar refractivity (Wildman–Crippen MR) is 78.3 cm³/mol. The first-order valence-corrected chi connectivity index (χ1v) is 6.84. The quantitative estimate of drug-likeness (QED) is 0.933. The molecule has 0 spiro atoms. The first-order valence-electron chi connectivity index (χ1n) is 6.05. The summed E-state index contributed by atoms with van der Waals surface area (Å²) in [6, 6.07) is 9.47. The molecule has 2 aromatic rings. The Morgan fingerprint density at radius 2 is 1.89 bits per heavy atom. The fourth-order valence-electron chi connectivity index (χ4n) is 2.05. The summed E-state index contributed by atoms with van der Waals surface area (Å²) in [7, 11) is 1.61. The van der Waals surface area contributed by atoms with Crippen LogP contribution in [0.2, 0.25) is 0 Å². The Bertz CT molecular complexity index is 545. The Hall–Kier alpha value is -1.39. The third kappa shape index (κ3) is 3.14. The number of methoxy groups -OCH3 is 1. The molecule has 0 aliphatic rings. The molecule has 0 aliphatic carbocycles. The molecule has 1 heterocycles. The average Bonchev–Trinajstić information content (AvgIpc) is 2.46. The number of hydrogen-bond donors (Lipinski definition) is 1. The van der Waals surface area contributed by atoms with E-state index in [-0.39, 0.29) is 5.92 Å². The normalized spacial score (nSPS) is 13.9. The lowest BCUT2D eigenvalue weighted by Gasteiger charge is -2.21. The zero-order chi connectivity index (χ0) is 13.8. The van der Waals surface area contributed by atoms with Gasteiger partial charge in [-0.1, -0.05) is 28.9 Å². The molecule has 100 valence electrons. The monoisotopic (exact) mass is 321 g/mol. The molecule has 2 rings (SSSR count). The summed E-state index contributed by atoms with van der Waals surface area (Å²) >= 11 is 3.40. The van der Waals surface area contributed by atoms with Gasteiger partial charge >= 0.3 is 0 Å². The molecule has 0 fully saturated rings. The molecule has 0 saturated heterocycles. The summed E-state index contributed by atoms with van der Waals surface area (Å²) in [5.41, 5.74) is 1.84. The van der Waals surface area contributed by atoms with Crippen molar-refractivity contribution >= 4 is 15.9 Å². The Morgan fingerprint density at radius 3 is 2.53 bits per heavy atom. The van der Waals surface area contributed by atoms with Crippen molar-refractivity contribution in [1.29, 1.82) is 0 Å². The minimum absolute atomic E-state index is 0.0296. The maximum atomic E-state index is 10.5. The van der Waals surface area contributed by atoms with E-state index in [1.165, 1.54) is 0 Å². The van der Waals surface area contributed by atoms with Crippen LogP contribution in [0.15, 0.2) is 47.2 Å². The van der Waals surface area contributed by atoms with Gasteiger partial charge in [-0.05, 0) is 29.8 Å². The van der Waals surface area contributed by atoms with E-state index in [4.69, 9.17) is 4.74 Å². The summed E-state index contributed by atoms with van der Waals surface area (Å²) in [6.45, 7) is 1.99. The molecular formula is C15H16BrNO2. The van der Waals surface area contributed by atoms with E-state index in [0.29, 0.717) is 5.75 Å². The highest BCUT2D eigenvalue weighted by molar-refractivity contribution is 9.10. The first kappa shape index (κ1) is 14.0. The minimum atomic E-state index is -0.620. The Kier molecular flexibility index (Phi) is 4.56. The van der Waals surface area contributed by atoms with Gasteiger partial charge in [-0.25, -0.2) is 0 Å². The van der Waals surface area contributed by atoms with Gasteiger partial charge in [0, 0.05) is 28.3 Å². The lowest BCUT2D eigenvalue weighted by Crippen LogP contribution is -2.09. The van der Waals surface area contributed by atoms with Gasteiger partial charge in [0.15, 0.2) is 0 Å². The maximum Gasteiger partial charge on any atom is 0.125 e. The molecule has 2 unspecified atom stereocenters. The van der Waals surface area contributed by atoms with Crippen LogP contribution in [0.25, 0.3) is 0 Å². The maximum absolute atomic E-state index is 10.5. The Morgan fingerprint density at radius 1 is 1.21 bits per heavy atom. The highest BCUT2D eigenvalue weighted by Gasteiger charge is 2.21. The van der Waals surface area contributed by atoms with Gasteiger partial charge in [0.2, 0.25) is 0 Å². The van der Waals surface area contributed by atoms with Crippen molar-refractivity contribution < 1.29 is 9.84 Å². The fourth-order valence-corrected chi connectivity index (χ4v) is 2.39. The largest absolute Gasteiger partial charge is 0.496 e. The van der Waals surface area contributed by atoms with E-state index < -0.39 is 6.10 Å². The van der Waals surface area contributed by atoms with Crippen LogP contribution in [0.5, 0.6) is 5.75 Å². The molecule has 1 N–H and O–H groups in total. The van der Waals surface area contributed by atoms with E-state index >= 15 is 0 Å². The molecular weight excluding hydrogens is 306 g/mol. The van der Waals surface area contributed by atoms with E-state index in [1.807, 2.05) is 37.3 Å². The molecule has 0 amide bonds. The summed E-state index contributed by atoms with van der Waals surface area (Å²) in [5.74, 6) is 0.654. The summed E-state index contributed by atoms with van der Waals surface area (Å²) in [5, 5.41) is 10.5. The summed E-state index contributed by atoms with van der Waals surface area (Å²) in [6.07, 6.45) is 2.85. The van der Waals surface area contributed by atoms with E-state index in [2.05, 4.69) is 20.9 Å². The highest BCUT2D eigenvalue weighted by Crippen LogP contribution is 2.36. The molecule has 1 aromatic carbocycles. The van der Waals surface area contributed by atoms with E-state index in [0.717, 1.165) is 15.6 Å². The number of aliphatic hydroxyl groups excluding tert-OH is 1. The second-order valence-electron chi connectivity index (χ2n) is 4.40. The van der Waals surface area contributed by atoms with Crippen LogP contribution in [0.1, 0.15) is 30.1 Å². The van der Waals surface area contributed by atoms with Gasteiger partial charge in [-0.3, -0.25) is 4.98 Å². The molecule has 0 bridgehead atoms. The molecule has 0 radical (unpaired) electrons. The van der Waals surface area contributed by atoms with Crippen molar-refractivity contribution in [3.05, 3.63) is 58.3 Å². The summed E-state index contributed by atoms with van der Waals surface area (Å²) < 4.78 is 6.26. The number of nitrogens with zero attached hydrogens (tertiary/aromatic N) is 1. The number of rotatable bonds is 4. The second kappa shape index (κ2) is 6.17. The molecule has 4 heteroatoms. The predicted octanol–water partition coefficient (Wildman–Crippen LogP) is 3.69. The van der Waals surface area contributed by atoms with Gasteiger partial charge < -0.3 is 9.84 Å². The van der Waals surface area contributed by atoms with Crippen LogP contribution in [-0.4, -0.2) is 17.2 Å². The van der Waals surface area contributed by atoms with Crippen LogP contribution in [0, 0.1) is 0 Å². The first-order chi connectivity index (χ1) is 9.13. The van der Waals surface area contributed by atoms with Gasteiger partial charge in [-0.2, -0.15) is 0 Å². The van der Waals surface area contributed by atoms with Crippen molar-refractivity contribution in [2.45, 2.75) is 18.9 Å². The van der Waals surface area contributed by atoms with Crippen molar-refractivity contribution in [3.8, 4) is 5.75 Å². The van der Waals surface area contributed by atoms with Crippen LogP contribution in [0.4, 0.5) is 0 Å². The number of benzene rings is 1. The lowest BCUT2D eigenvalue weighted by molar-refractivity contribution is 0.148. The zero-order valence-corrected chi connectivity index (χ0v) is 12.5. The fraction of sp³-hybridized carbons (Fsp3) is 0.267. The Balaban J connectivity index is 2.31. The van der Waals surface area contributed by atoms with Crippen LogP contribution < -0.4 is 4.74 Å². The van der Waals surface area contributed by atoms with Crippen molar-refractivity contribution in [3.63, 3.8) is 0 Å². The smallest absolute Gasteiger partial charge is 0.125 e. The van der Waals surface area contributed by atoms with E-state index in [9.17, 15) is 5.11 Å². The van der Waals surface area contributed by atoms with Crippen molar-refractivity contribution in [1.82, 2.24) is 4.98 Å². The topological polar surface area (TPSA) is 42.4 Å². The second-order valence-corrected chi connectivity index (χ2v) is 5.32. The standard InChI is InChI=1S/C15H16BrNO2/c1-10(11-5-7-17-8-6-11)15(18)13-4-3-12(16)9-14(13)19-2/h3-10,15,18H,1-2H3. The molecule has 0 saturated carbocycles. The van der Waals surface area contributed by atoms with E-state index in [1.54, 1.807) is 19.5 Å². The van der Waals surface area contributed by atoms with Gasteiger partial charge in [0.25, 0.3) is 0 Å². The van der Waals surface area contributed by atoms with Crippen LogP contribution in [0.3, 0.4) is 0 Å². The lowest BCUT2D eigenvalue weighted by atomic mass is 9.91. The van der Waals surface area contributed by atoms with Gasteiger partial charge in [0.1, 0.15) is 5.75 Å². The molecule has 19 heavy (non-hydrogen) atoms. The number of aromatic nitrogens is 1. The zero-order valence-electron chi connectivity index (χ0n) is 10.9. The van der Waals surface area contributed by atoms with Crippen LogP contribution in [-0.2, 0) is 0 Å². The number of hydrogen-bond acceptors (Lipinski definition) is 3. The van der Waals surface area contributed by atoms with Gasteiger partial charge in [0.05, 0.1) is 13.2 Å². The van der Waals surface area contributed by atoms with Crippen LogP contribution >= 0.6 is 15.9 Å². The number of halogens is 1. The number of ether oxygens (including phenoxy) is 1. The Labute approximate surface area is 121 Å². The van der Waals surface area contributed by atoms with Crippen molar-refractivity contribution in [2.24, 2.45) is 0 Å². The number of pyridine rings is 1. The molecule has 0 aliphatic heterocycles.